The molecule has 86 valence electrons. The lowest BCUT2D eigenvalue weighted by Gasteiger charge is -2.01. The van der Waals surface area contributed by atoms with Gasteiger partial charge in [-0.15, -0.1) is 12.6 Å². The molecule has 1 aliphatic heterocycles. The first kappa shape index (κ1) is 14.5. The van der Waals surface area contributed by atoms with E-state index in [0.717, 1.165) is 10.5 Å². The van der Waals surface area contributed by atoms with Crippen LogP contribution in [0.15, 0.2) is 35.3 Å². The summed E-state index contributed by atoms with van der Waals surface area (Å²) in [5.74, 6) is 0. The molecule has 0 amide bonds. The first-order valence-electron chi connectivity index (χ1n) is 5.44. The molecular formula is C13H23NS. The first-order valence-corrected chi connectivity index (χ1v) is 5.89. The molecule has 0 unspecified atom stereocenters. The summed E-state index contributed by atoms with van der Waals surface area (Å²) in [6.07, 6.45) is 8.54. The Morgan fingerprint density at radius 2 is 1.87 bits per heavy atom. The van der Waals surface area contributed by atoms with Crippen LogP contribution in [-0.4, -0.2) is 25.0 Å². The van der Waals surface area contributed by atoms with Crippen molar-refractivity contribution >= 4 is 12.6 Å². The highest BCUT2D eigenvalue weighted by molar-refractivity contribution is 7.84. The molecule has 1 aliphatic rings. The minimum atomic E-state index is 0.979. The van der Waals surface area contributed by atoms with Gasteiger partial charge < -0.3 is 4.90 Å². The third-order valence-corrected chi connectivity index (χ3v) is 2.71. The maximum absolute atomic E-state index is 4.16. The second kappa shape index (κ2) is 8.81. The van der Waals surface area contributed by atoms with E-state index in [-0.39, 0.29) is 0 Å². The maximum atomic E-state index is 4.16. The van der Waals surface area contributed by atoms with E-state index in [1.165, 1.54) is 25.9 Å². The summed E-state index contributed by atoms with van der Waals surface area (Å²) >= 11 is 4.16. The molecular weight excluding hydrogens is 202 g/mol. The summed E-state index contributed by atoms with van der Waals surface area (Å²) in [4.78, 5) is 3.34. The highest BCUT2D eigenvalue weighted by Gasteiger charge is 2.03. The number of likely N-dealkylation sites (tertiary alicyclic amines) is 1. The topological polar surface area (TPSA) is 3.24 Å². The summed E-state index contributed by atoms with van der Waals surface area (Å²) < 4.78 is 0. The van der Waals surface area contributed by atoms with Crippen molar-refractivity contribution in [2.75, 3.05) is 20.1 Å². The van der Waals surface area contributed by atoms with E-state index in [9.17, 15) is 0 Å². The van der Waals surface area contributed by atoms with E-state index >= 15 is 0 Å². The molecule has 0 aliphatic carbocycles. The molecule has 1 fully saturated rings. The molecule has 2 heteroatoms. The van der Waals surface area contributed by atoms with Crippen molar-refractivity contribution in [1.29, 1.82) is 0 Å². The van der Waals surface area contributed by atoms with Crippen LogP contribution in [0.4, 0.5) is 0 Å². The van der Waals surface area contributed by atoms with Gasteiger partial charge in [0.15, 0.2) is 0 Å². The average molecular weight is 225 g/mol. The third-order valence-electron chi connectivity index (χ3n) is 2.32. The van der Waals surface area contributed by atoms with Crippen LogP contribution < -0.4 is 0 Å². The highest BCUT2D eigenvalue weighted by Crippen LogP contribution is 2.05. The molecule has 0 saturated carbocycles. The van der Waals surface area contributed by atoms with Crippen LogP contribution in [0.1, 0.15) is 26.7 Å². The summed E-state index contributed by atoms with van der Waals surface area (Å²) in [6, 6.07) is 0. The fourth-order valence-corrected chi connectivity index (χ4v) is 1.45. The smallest absolute Gasteiger partial charge is 0.0000150 e. The third kappa shape index (κ3) is 8.52. The van der Waals surface area contributed by atoms with Crippen LogP contribution in [0, 0.1) is 0 Å². The van der Waals surface area contributed by atoms with Gasteiger partial charge >= 0.3 is 0 Å². The van der Waals surface area contributed by atoms with Gasteiger partial charge in [-0.05, 0) is 57.8 Å². The minimum absolute atomic E-state index is 0.979. The summed E-state index contributed by atoms with van der Waals surface area (Å²) in [5, 5.41) is 0. The molecule has 0 aromatic rings. The van der Waals surface area contributed by atoms with E-state index < -0.39 is 0 Å². The average Bonchev–Trinajstić information content (AvgIpc) is 2.69. The largest absolute Gasteiger partial charge is 0.306 e. The molecule has 1 saturated heterocycles. The van der Waals surface area contributed by atoms with Gasteiger partial charge in [-0.25, -0.2) is 0 Å². The quantitative estimate of drug-likeness (QED) is 0.554. The summed E-state index contributed by atoms with van der Waals surface area (Å²) in [6.45, 7) is 10.2. The Morgan fingerprint density at radius 1 is 1.33 bits per heavy atom. The van der Waals surface area contributed by atoms with Crippen molar-refractivity contribution < 1.29 is 0 Å². The van der Waals surface area contributed by atoms with Gasteiger partial charge in [0.1, 0.15) is 0 Å². The maximum Gasteiger partial charge on any atom is -0.0000150 e. The van der Waals surface area contributed by atoms with E-state index in [1.807, 2.05) is 26.0 Å². The van der Waals surface area contributed by atoms with Gasteiger partial charge in [0, 0.05) is 0 Å². The Bertz CT molecular complexity index is 235. The molecule has 0 spiro atoms. The van der Waals surface area contributed by atoms with Crippen molar-refractivity contribution in [3.8, 4) is 0 Å². The number of hydrogen-bond donors (Lipinski definition) is 1. The molecule has 1 heterocycles. The molecule has 0 bridgehead atoms. The zero-order valence-electron chi connectivity index (χ0n) is 10.2. The zero-order valence-corrected chi connectivity index (χ0v) is 11.1. The van der Waals surface area contributed by atoms with Crippen molar-refractivity contribution in [2.24, 2.45) is 0 Å². The Labute approximate surface area is 100.0 Å². The van der Waals surface area contributed by atoms with Gasteiger partial charge in [0.25, 0.3) is 0 Å². The predicted octanol–water partition coefficient (Wildman–Crippen LogP) is 3.66. The van der Waals surface area contributed by atoms with Gasteiger partial charge in [0.2, 0.25) is 0 Å². The van der Waals surface area contributed by atoms with Crippen LogP contribution in [0.25, 0.3) is 0 Å². The number of hydrogen-bond acceptors (Lipinski definition) is 2. The molecule has 0 aromatic heterocycles. The minimum Gasteiger partial charge on any atom is -0.306 e. The highest BCUT2D eigenvalue weighted by atomic mass is 32.1. The lowest BCUT2D eigenvalue weighted by Crippen LogP contribution is -2.10. The van der Waals surface area contributed by atoms with Gasteiger partial charge in [-0.1, -0.05) is 24.3 Å². The second-order valence-corrected chi connectivity index (χ2v) is 4.33. The zero-order chi connectivity index (χ0) is 11.7. The SMILES string of the molecule is C=C/C(C)=C\C(S)=C/C.CN1CCCC1. The Hall–Kier alpha value is -0.470. The summed E-state index contributed by atoms with van der Waals surface area (Å²) in [7, 11) is 2.17. The van der Waals surface area contributed by atoms with Crippen molar-refractivity contribution in [3.63, 3.8) is 0 Å². The molecule has 0 atom stereocenters. The van der Waals surface area contributed by atoms with E-state index in [4.69, 9.17) is 0 Å². The molecule has 0 radical (unpaired) electrons. The van der Waals surface area contributed by atoms with Crippen molar-refractivity contribution in [3.05, 3.63) is 35.3 Å². The fourth-order valence-electron chi connectivity index (χ4n) is 1.25. The standard InChI is InChI=1S/C8H12S.C5H11N/c1-4-7(3)6-8(9)5-2;1-6-4-2-3-5-6/h4-6,9H,1H2,2-3H3;2-5H2,1H3/b7-6-,8-5+;. The van der Waals surface area contributed by atoms with Crippen molar-refractivity contribution in [2.45, 2.75) is 26.7 Å². The molecule has 1 nitrogen and oxygen atoms in total. The molecule has 0 aromatic carbocycles. The summed E-state index contributed by atoms with van der Waals surface area (Å²) in [5.41, 5.74) is 1.14. The van der Waals surface area contributed by atoms with Crippen LogP contribution in [0.5, 0.6) is 0 Å². The molecule has 0 N–H and O–H groups in total. The van der Waals surface area contributed by atoms with E-state index in [1.54, 1.807) is 6.08 Å². The lowest BCUT2D eigenvalue weighted by atomic mass is 10.3. The van der Waals surface area contributed by atoms with Crippen LogP contribution >= 0.6 is 12.6 Å². The second-order valence-electron chi connectivity index (χ2n) is 3.82. The molecule has 15 heavy (non-hydrogen) atoms. The van der Waals surface area contributed by atoms with E-state index in [2.05, 4.69) is 31.2 Å². The predicted molar refractivity (Wildman–Crippen MR) is 73.4 cm³/mol. The van der Waals surface area contributed by atoms with Crippen LogP contribution in [-0.2, 0) is 0 Å². The molecule has 1 rings (SSSR count). The Balaban J connectivity index is 0.000000280. The van der Waals surface area contributed by atoms with Crippen LogP contribution in [0.3, 0.4) is 0 Å². The monoisotopic (exact) mass is 225 g/mol. The van der Waals surface area contributed by atoms with Crippen molar-refractivity contribution in [1.82, 2.24) is 4.90 Å². The van der Waals surface area contributed by atoms with Gasteiger partial charge in [-0.2, -0.15) is 0 Å². The Morgan fingerprint density at radius 3 is 2.13 bits per heavy atom. The van der Waals surface area contributed by atoms with Gasteiger partial charge in [0.05, 0.1) is 0 Å². The number of nitrogens with zero attached hydrogens (tertiary/aromatic N) is 1. The first-order chi connectivity index (χ1) is 7.10. The normalized spacial score (nSPS) is 18.4. The Kier molecular flexibility index (Phi) is 8.53. The number of allylic oxidation sites excluding steroid dienone is 4. The lowest BCUT2D eigenvalue weighted by molar-refractivity contribution is 0.418. The van der Waals surface area contributed by atoms with Gasteiger partial charge in [-0.3, -0.25) is 0 Å². The van der Waals surface area contributed by atoms with E-state index in [0.29, 0.717) is 0 Å². The number of rotatable bonds is 2. The fraction of sp³-hybridized carbons (Fsp3) is 0.538. The number of thiol groups is 1. The van der Waals surface area contributed by atoms with Crippen LogP contribution in [0.2, 0.25) is 0 Å².